The van der Waals surface area contributed by atoms with E-state index in [1.54, 1.807) is 49.6 Å². The van der Waals surface area contributed by atoms with E-state index in [2.05, 4.69) is 5.32 Å². The monoisotopic (exact) mass is 377 g/mol. The van der Waals surface area contributed by atoms with Crippen LogP contribution in [-0.2, 0) is 4.79 Å². The summed E-state index contributed by atoms with van der Waals surface area (Å²) in [4.78, 5) is 12.4. The maximum absolute atomic E-state index is 13.9. The predicted molar refractivity (Wildman–Crippen MR) is 105 cm³/mol. The quantitative estimate of drug-likeness (QED) is 0.628. The number of anilines is 1. The number of hydrogen-bond acceptors (Lipinski definition) is 3. The lowest BCUT2D eigenvalue weighted by molar-refractivity contribution is -0.117. The van der Waals surface area contributed by atoms with Crippen molar-refractivity contribution in [2.24, 2.45) is 5.92 Å². The summed E-state index contributed by atoms with van der Waals surface area (Å²) in [6.07, 6.45) is 0.668. The maximum atomic E-state index is 13.9. The van der Waals surface area contributed by atoms with Gasteiger partial charge in [0.1, 0.15) is 11.6 Å². The van der Waals surface area contributed by atoms with Gasteiger partial charge in [0.15, 0.2) is 11.5 Å². The first-order valence-corrected chi connectivity index (χ1v) is 9.12. The second kappa shape index (κ2) is 7.72. The lowest BCUT2D eigenvalue weighted by Crippen LogP contribution is -2.14. The molecule has 1 amide bonds. The second-order valence-electron chi connectivity index (χ2n) is 6.74. The first kappa shape index (κ1) is 18.0. The van der Waals surface area contributed by atoms with Crippen molar-refractivity contribution in [1.82, 2.24) is 0 Å². The average molecular weight is 377 g/mol. The normalized spacial score (nSPS) is 17.6. The van der Waals surface area contributed by atoms with Gasteiger partial charge in [-0.25, -0.2) is 4.39 Å². The smallest absolute Gasteiger partial charge is 0.228 e. The Hall–Kier alpha value is -3.34. The minimum absolute atomic E-state index is 0.0469. The van der Waals surface area contributed by atoms with Gasteiger partial charge in [0.25, 0.3) is 0 Å². The molecule has 2 unspecified atom stereocenters. The van der Waals surface area contributed by atoms with Crippen LogP contribution in [0.4, 0.5) is 10.1 Å². The summed E-state index contributed by atoms with van der Waals surface area (Å²) in [6.45, 7) is 0. The molecule has 0 heterocycles. The highest BCUT2D eigenvalue weighted by molar-refractivity contribution is 5.95. The molecule has 0 radical (unpaired) electrons. The molecule has 1 N–H and O–H groups in total. The Kier molecular flexibility index (Phi) is 4.98. The van der Waals surface area contributed by atoms with E-state index in [1.165, 1.54) is 6.07 Å². The van der Waals surface area contributed by atoms with Crippen molar-refractivity contribution in [3.63, 3.8) is 0 Å². The number of benzene rings is 3. The molecule has 3 aromatic rings. The fourth-order valence-electron chi connectivity index (χ4n) is 3.28. The van der Waals surface area contributed by atoms with Gasteiger partial charge in [0.05, 0.1) is 7.11 Å². The Morgan fingerprint density at radius 1 is 0.964 bits per heavy atom. The number of ether oxygens (including phenoxy) is 2. The Morgan fingerprint density at radius 3 is 2.36 bits per heavy atom. The molecule has 0 aliphatic heterocycles. The number of halogens is 1. The molecule has 1 aliphatic carbocycles. The highest BCUT2D eigenvalue weighted by Gasteiger charge is 2.45. The van der Waals surface area contributed by atoms with E-state index >= 15 is 0 Å². The molecule has 0 saturated heterocycles. The minimum Gasteiger partial charge on any atom is -0.493 e. The number of methoxy groups -OCH3 is 1. The zero-order valence-corrected chi connectivity index (χ0v) is 15.4. The van der Waals surface area contributed by atoms with Crippen LogP contribution >= 0.6 is 0 Å². The van der Waals surface area contributed by atoms with Crippen LogP contribution < -0.4 is 14.8 Å². The summed E-state index contributed by atoms with van der Waals surface area (Å²) in [7, 11) is 1.59. The van der Waals surface area contributed by atoms with E-state index in [9.17, 15) is 9.18 Å². The van der Waals surface area contributed by atoms with E-state index in [-0.39, 0.29) is 23.6 Å². The Labute approximate surface area is 162 Å². The highest BCUT2D eigenvalue weighted by atomic mass is 19.1. The van der Waals surface area contributed by atoms with Crippen molar-refractivity contribution in [1.29, 1.82) is 0 Å². The molecule has 1 fully saturated rings. The third-order valence-electron chi connectivity index (χ3n) is 4.85. The lowest BCUT2D eigenvalue weighted by atomic mass is 10.1. The topological polar surface area (TPSA) is 47.6 Å². The van der Waals surface area contributed by atoms with Crippen LogP contribution in [0.5, 0.6) is 17.2 Å². The molecule has 0 spiro atoms. The van der Waals surface area contributed by atoms with Crippen LogP contribution in [0.25, 0.3) is 0 Å². The minimum atomic E-state index is -0.249. The van der Waals surface area contributed by atoms with Crippen LogP contribution in [0.15, 0.2) is 72.8 Å². The number of hydrogen-bond donors (Lipinski definition) is 1. The zero-order chi connectivity index (χ0) is 19.5. The van der Waals surface area contributed by atoms with Gasteiger partial charge in [-0.15, -0.1) is 0 Å². The van der Waals surface area contributed by atoms with Crippen molar-refractivity contribution in [3.8, 4) is 17.2 Å². The fraction of sp³-hybridized carbons (Fsp3) is 0.174. The van der Waals surface area contributed by atoms with E-state index in [0.29, 0.717) is 34.9 Å². The number of carbonyl (C=O) groups excluding carboxylic acids is 1. The van der Waals surface area contributed by atoms with Crippen LogP contribution in [0, 0.1) is 11.7 Å². The van der Waals surface area contributed by atoms with Gasteiger partial charge >= 0.3 is 0 Å². The van der Waals surface area contributed by atoms with Crippen molar-refractivity contribution < 1.29 is 18.7 Å². The van der Waals surface area contributed by atoms with Crippen molar-refractivity contribution in [2.45, 2.75) is 12.3 Å². The summed E-state index contributed by atoms with van der Waals surface area (Å²) >= 11 is 0. The Bertz CT molecular complexity index is 987. The first-order chi connectivity index (χ1) is 13.7. The Morgan fingerprint density at radius 2 is 1.64 bits per heavy atom. The summed E-state index contributed by atoms with van der Waals surface area (Å²) in [5.41, 5.74) is 1.29. The molecule has 1 aliphatic rings. The Balaban J connectivity index is 1.37. The lowest BCUT2D eigenvalue weighted by Gasteiger charge is -2.11. The zero-order valence-electron chi connectivity index (χ0n) is 15.4. The molecular weight excluding hydrogens is 357 g/mol. The fourth-order valence-corrected chi connectivity index (χ4v) is 3.28. The molecule has 0 bridgehead atoms. The van der Waals surface area contributed by atoms with Crippen LogP contribution in [0.3, 0.4) is 0 Å². The second-order valence-corrected chi connectivity index (χ2v) is 6.74. The summed E-state index contributed by atoms with van der Waals surface area (Å²) in [5, 5.41) is 2.90. The molecule has 3 aromatic carbocycles. The molecule has 4 rings (SSSR count). The third kappa shape index (κ3) is 3.83. The van der Waals surface area contributed by atoms with Gasteiger partial charge in [-0.2, -0.15) is 0 Å². The van der Waals surface area contributed by atoms with Gasteiger partial charge in [0, 0.05) is 11.6 Å². The molecule has 5 heteroatoms. The number of nitrogens with one attached hydrogen (secondary N) is 1. The molecule has 4 nitrogen and oxygen atoms in total. The van der Waals surface area contributed by atoms with Gasteiger partial charge in [0.2, 0.25) is 5.91 Å². The third-order valence-corrected chi connectivity index (χ3v) is 4.85. The highest BCUT2D eigenvalue weighted by Crippen LogP contribution is 2.48. The molecule has 1 saturated carbocycles. The van der Waals surface area contributed by atoms with Gasteiger partial charge in [-0.1, -0.05) is 30.3 Å². The van der Waals surface area contributed by atoms with Crippen LogP contribution in [-0.4, -0.2) is 13.0 Å². The first-order valence-electron chi connectivity index (χ1n) is 9.12. The predicted octanol–water partition coefficient (Wildman–Crippen LogP) is 5.37. The van der Waals surface area contributed by atoms with Gasteiger partial charge < -0.3 is 14.8 Å². The van der Waals surface area contributed by atoms with E-state index in [4.69, 9.17) is 9.47 Å². The summed E-state index contributed by atoms with van der Waals surface area (Å²) in [5.74, 6) is 1.32. The molecule has 0 aromatic heterocycles. The van der Waals surface area contributed by atoms with Crippen molar-refractivity contribution >= 4 is 11.6 Å². The van der Waals surface area contributed by atoms with Crippen LogP contribution in [0.1, 0.15) is 17.9 Å². The van der Waals surface area contributed by atoms with E-state index in [1.807, 2.05) is 24.3 Å². The number of amides is 1. The van der Waals surface area contributed by atoms with Gasteiger partial charge in [-0.3, -0.25) is 4.79 Å². The largest absolute Gasteiger partial charge is 0.493 e. The molecule has 142 valence electrons. The SMILES string of the molecule is COc1ccccc1Oc1ccc(NC(=O)C2CC2c2ccccc2F)cc1. The van der Waals surface area contributed by atoms with E-state index < -0.39 is 0 Å². The number of para-hydroxylation sites is 2. The summed E-state index contributed by atoms with van der Waals surface area (Å²) < 4.78 is 25.0. The summed E-state index contributed by atoms with van der Waals surface area (Å²) in [6, 6.07) is 21.1. The van der Waals surface area contributed by atoms with Crippen molar-refractivity contribution in [2.75, 3.05) is 12.4 Å². The molecule has 28 heavy (non-hydrogen) atoms. The number of rotatable bonds is 6. The van der Waals surface area contributed by atoms with Crippen LogP contribution in [0.2, 0.25) is 0 Å². The molecular formula is C23H20FNO3. The number of carbonyl (C=O) groups is 1. The maximum Gasteiger partial charge on any atom is 0.228 e. The van der Waals surface area contributed by atoms with Crippen molar-refractivity contribution in [3.05, 3.63) is 84.2 Å². The standard InChI is InChI=1S/C23H20FNO3/c1-27-21-8-4-5-9-22(21)28-16-12-10-15(11-13-16)25-23(26)19-14-18(19)17-6-2-3-7-20(17)24/h2-13,18-19H,14H2,1H3,(H,25,26). The van der Waals surface area contributed by atoms with Gasteiger partial charge in [-0.05, 0) is 60.4 Å². The average Bonchev–Trinajstić information content (AvgIpc) is 3.51. The molecule has 2 atom stereocenters. The van der Waals surface area contributed by atoms with E-state index in [0.717, 1.165) is 0 Å².